The number of nitrogens with zero attached hydrogens (tertiary/aromatic N) is 4. The van der Waals surface area contributed by atoms with Gasteiger partial charge in [-0.3, -0.25) is 4.84 Å². The number of nitrogens with two attached hydrogens (primary N) is 1. The lowest BCUT2D eigenvalue weighted by molar-refractivity contribution is -0.140. The van der Waals surface area contributed by atoms with Crippen LogP contribution in [0.25, 0.3) is 0 Å². The zero-order chi connectivity index (χ0) is 24.5. The summed E-state index contributed by atoms with van der Waals surface area (Å²) in [4.78, 5) is 20.8. The number of hydrogen-bond acceptors (Lipinski definition) is 7. The molecule has 1 aromatic heterocycles. The first-order chi connectivity index (χ1) is 16.1. The number of carbonyl (C=O) groups is 1. The van der Waals surface area contributed by atoms with E-state index in [9.17, 15) is 4.79 Å². The predicted molar refractivity (Wildman–Crippen MR) is 130 cm³/mol. The Morgan fingerprint density at radius 2 is 1.94 bits per heavy atom. The average molecular weight is 488 g/mol. The van der Waals surface area contributed by atoms with Crippen molar-refractivity contribution in [3.63, 3.8) is 0 Å². The summed E-state index contributed by atoms with van der Waals surface area (Å²) in [5.74, 6) is 0.963. The summed E-state index contributed by atoms with van der Waals surface area (Å²) in [6, 6.07) is 9.50. The van der Waals surface area contributed by atoms with Crippen LogP contribution in [0.4, 0.5) is 4.79 Å². The van der Waals surface area contributed by atoms with Gasteiger partial charge in [0.1, 0.15) is 12.6 Å². The summed E-state index contributed by atoms with van der Waals surface area (Å²) in [5, 5.41) is 10.1. The van der Waals surface area contributed by atoms with E-state index in [0.717, 1.165) is 18.4 Å². The Labute approximate surface area is 202 Å². The fourth-order valence-corrected chi connectivity index (χ4v) is 5.58. The molecular weight excluding hydrogens is 450 g/mol. The molecule has 2 aliphatic rings. The molecule has 2 N–H and O–H groups in total. The van der Waals surface area contributed by atoms with Crippen LogP contribution >= 0.6 is 0 Å². The molecule has 2 aliphatic heterocycles. The first-order valence-corrected chi connectivity index (χ1v) is 15.0. The van der Waals surface area contributed by atoms with Crippen LogP contribution in [-0.2, 0) is 22.3 Å². The van der Waals surface area contributed by atoms with Gasteiger partial charge in [-0.05, 0) is 36.5 Å². The van der Waals surface area contributed by atoms with Crippen molar-refractivity contribution in [2.45, 2.75) is 83.0 Å². The Hall–Kier alpha value is -2.27. The topological polar surface area (TPSA) is 107 Å². The number of aromatic nitrogens is 2. The maximum Gasteiger partial charge on any atom is 0.345 e. The van der Waals surface area contributed by atoms with E-state index in [2.05, 4.69) is 44.1 Å². The molecule has 186 valence electrons. The van der Waals surface area contributed by atoms with E-state index in [1.807, 2.05) is 30.3 Å². The zero-order valence-corrected chi connectivity index (χ0v) is 21.9. The lowest BCUT2D eigenvalue weighted by atomic mass is 10.0. The van der Waals surface area contributed by atoms with Crippen LogP contribution in [0.5, 0.6) is 0 Å². The average Bonchev–Trinajstić information content (AvgIpc) is 3.35. The number of hydroxylamine groups is 2. The molecule has 2 bridgehead atoms. The zero-order valence-electron chi connectivity index (χ0n) is 20.9. The van der Waals surface area contributed by atoms with E-state index in [1.165, 1.54) is 5.06 Å². The number of amides is 2. The highest BCUT2D eigenvalue weighted by Crippen LogP contribution is 2.39. The second kappa shape index (κ2) is 9.77. The van der Waals surface area contributed by atoms with Crippen LogP contribution in [0.3, 0.4) is 0 Å². The van der Waals surface area contributed by atoms with E-state index in [1.54, 1.807) is 4.90 Å². The van der Waals surface area contributed by atoms with Crippen molar-refractivity contribution in [3.05, 3.63) is 47.7 Å². The van der Waals surface area contributed by atoms with Crippen LogP contribution in [0.2, 0.25) is 18.1 Å². The number of rotatable bonds is 9. The van der Waals surface area contributed by atoms with Gasteiger partial charge >= 0.3 is 6.03 Å². The molecule has 2 saturated heterocycles. The van der Waals surface area contributed by atoms with Crippen LogP contribution in [-0.4, -0.2) is 59.7 Å². The Bertz CT molecular complexity index is 977. The second-order valence-corrected chi connectivity index (χ2v) is 15.5. The smallest absolute Gasteiger partial charge is 0.345 e. The summed E-state index contributed by atoms with van der Waals surface area (Å²) in [7, 11) is -1.97. The number of hydrogen-bond donors (Lipinski definition) is 1. The molecular formula is C24H37N5O4Si. The molecule has 2 amide bonds. The van der Waals surface area contributed by atoms with Gasteiger partial charge in [0, 0.05) is 13.1 Å². The van der Waals surface area contributed by atoms with Crippen molar-refractivity contribution in [3.8, 4) is 0 Å². The molecule has 3 heterocycles. The van der Waals surface area contributed by atoms with Gasteiger partial charge in [0.2, 0.25) is 11.8 Å². The van der Waals surface area contributed by atoms with Crippen molar-refractivity contribution >= 4 is 14.3 Å². The van der Waals surface area contributed by atoms with Gasteiger partial charge in [0.25, 0.3) is 0 Å². The molecule has 10 heteroatoms. The van der Waals surface area contributed by atoms with Gasteiger partial charge in [0.05, 0.1) is 18.6 Å². The molecule has 2 fully saturated rings. The Kier molecular flexibility index (Phi) is 7.14. The molecule has 34 heavy (non-hydrogen) atoms. The maximum absolute atomic E-state index is 13.1. The molecule has 4 rings (SSSR count). The van der Waals surface area contributed by atoms with Gasteiger partial charge in [-0.2, -0.15) is 5.06 Å². The number of carbonyl (C=O) groups excluding carboxylic acids is 1. The van der Waals surface area contributed by atoms with Crippen LogP contribution < -0.4 is 5.73 Å². The van der Waals surface area contributed by atoms with E-state index in [-0.39, 0.29) is 29.3 Å². The fourth-order valence-electron chi connectivity index (χ4n) is 4.22. The van der Waals surface area contributed by atoms with Gasteiger partial charge in [-0.1, -0.05) is 51.1 Å². The summed E-state index contributed by atoms with van der Waals surface area (Å²) in [6.07, 6.45) is 1.86. The summed E-state index contributed by atoms with van der Waals surface area (Å²) < 4.78 is 12.5. The van der Waals surface area contributed by atoms with Crippen molar-refractivity contribution in [1.29, 1.82) is 0 Å². The van der Waals surface area contributed by atoms with Crippen molar-refractivity contribution in [2.75, 3.05) is 13.1 Å². The van der Waals surface area contributed by atoms with Crippen molar-refractivity contribution < 1.29 is 18.5 Å². The third-order valence-corrected chi connectivity index (χ3v) is 11.8. The van der Waals surface area contributed by atoms with E-state index < -0.39 is 8.32 Å². The van der Waals surface area contributed by atoms with Crippen LogP contribution in [0.15, 0.2) is 34.7 Å². The van der Waals surface area contributed by atoms with Gasteiger partial charge in [0.15, 0.2) is 8.32 Å². The number of urea groups is 1. The molecule has 0 spiro atoms. The molecule has 0 radical (unpaired) electrons. The number of fused-ring (bicyclic) bond motifs is 2. The van der Waals surface area contributed by atoms with E-state index in [4.69, 9.17) is 19.4 Å². The lowest BCUT2D eigenvalue weighted by Crippen LogP contribution is -2.46. The van der Waals surface area contributed by atoms with Crippen molar-refractivity contribution in [1.82, 2.24) is 20.2 Å². The largest absolute Gasteiger partial charge is 0.423 e. The standard InChI is InChI=1S/C24H37N5O4Si/c1-24(2,3)34(4,5)33-19(14-25)13-21-26-27-22(32-21)20-12-11-18-15-28(20)23(30)29(18)31-16-17-9-7-6-8-10-17/h6-10,18-20H,11-16,25H2,1-5H3/t18-,19?,20+/m1/s1. The highest BCUT2D eigenvalue weighted by atomic mass is 28.4. The number of piperidine rings is 1. The van der Waals surface area contributed by atoms with E-state index >= 15 is 0 Å². The van der Waals surface area contributed by atoms with Crippen LogP contribution in [0, 0.1) is 0 Å². The number of benzene rings is 1. The molecule has 0 saturated carbocycles. The molecule has 2 aromatic rings. The second-order valence-electron chi connectivity index (χ2n) is 10.7. The molecule has 1 unspecified atom stereocenters. The monoisotopic (exact) mass is 487 g/mol. The minimum atomic E-state index is -1.97. The summed E-state index contributed by atoms with van der Waals surface area (Å²) in [6.45, 7) is 12.4. The first-order valence-electron chi connectivity index (χ1n) is 12.1. The van der Waals surface area contributed by atoms with E-state index in [0.29, 0.717) is 37.9 Å². The lowest BCUT2D eigenvalue weighted by Gasteiger charge is -2.38. The Morgan fingerprint density at radius 1 is 1.21 bits per heavy atom. The summed E-state index contributed by atoms with van der Waals surface area (Å²) >= 11 is 0. The SMILES string of the molecule is CC(C)(C)[Si](C)(C)OC(CN)Cc1nnc([C@@H]2CC[C@@H]3CN2C(=O)N3OCc2ccccc2)o1. The molecule has 0 aliphatic carbocycles. The highest BCUT2D eigenvalue weighted by molar-refractivity contribution is 6.74. The normalized spacial score (nSPS) is 21.9. The third-order valence-electron chi connectivity index (χ3n) is 7.24. The van der Waals surface area contributed by atoms with Crippen LogP contribution in [0.1, 0.15) is 57.0 Å². The first kappa shape index (κ1) is 24.8. The Morgan fingerprint density at radius 3 is 2.62 bits per heavy atom. The maximum atomic E-state index is 13.1. The minimum absolute atomic E-state index is 0.0365. The molecule has 9 nitrogen and oxygen atoms in total. The summed E-state index contributed by atoms with van der Waals surface area (Å²) in [5.41, 5.74) is 7.04. The minimum Gasteiger partial charge on any atom is -0.423 e. The Balaban J connectivity index is 1.38. The highest BCUT2D eigenvalue weighted by Gasteiger charge is 2.48. The molecule has 1 aromatic carbocycles. The molecule has 3 atom stereocenters. The van der Waals surface area contributed by atoms with Gasteiger partial charge < -0.3 is 19.5 Å². The van der Waals surface area contributed by atoms with Gasteiger partial charge in [-0.15, -0.1) is 10.2 Å². The quantitative estimate of drug-likeness (QED) is 0.532. The predicted octanol–water partition coefficient (Wildman–Crippen LogP) is 4.03. The fraction of sp³-hybridized carbons (Fsp3) is 0.625. The van der Waals surface area contributed by atoms with Crippen molar-refractivity contribution in [2.24, 2.45) is 5.73 Å². The van der Waals surface area contributed by atoms with Gasteiger partial charge in [-0.25, -0.2) is 4.79 Å². The third kappa shape index (κ3) is 5.19.